The number of piperidine rings is 1. The molecule has 0 spiro atoms. The van der Waals surface area contributed by atoms with Gasteiger partial charge in [0.1, 0.15) is 5.82 Å². The smallest absolute Gasteiger partial charge is 0.224 e. The van der Waals surface area contributed by atoms with E-state index in [1.54, 1.807) is 6.20 Å². The second kappa shape index (κ2) is 8.37. The Hall–Kier alpha value is -2.96. The molecule has 3 aromatic rings. The Balaban J connectivity index is 1.38. The molecule has 0 aliphatic carbocycles. The Morgan fingerprint density at radius 2 is 2.18 bits per heavy atom. The molecule has 7 nitrogen and oxygen atoms in total. The van der Waals surface area contributed by atoms with E-state index in [2.05, 4.69) is 25.7 Å². The summed E-state index contributed by atoms with van der Waals surface area (Å²) in [7, 11) is 0. The van der Waals surface area contributed by atoms with Crippen LogP contribution in [0.3, 0.4) is 0 Å². The fourth-order valence-electron chi connectivity index (χ4n) is 3.87. The van der Waals surface area contributed by atoms with Crippen LogP contribution in [0.5, 0.6) is 0 Å². The first-order valence-electron chi connectivity index (χ1n) is 9.87. The molecule has 1 saturated heterocycles. The quantitative estimate of drug-likeness (QED) is 0.661. The molecule has 146 valence electrons. The lowest BCUT2D eigenvalue weighted by molar-refractivity contribution is -0.132. The minimum absolute atomic E-state index is 0.197. The van der Waals surface area contributed by atoms with Gasteiger partial charge >= 0.3 is 0 Å². The monoisotopic (exact) mass is 378 g/mol. The highest BCUT2D eigenvalue weighted by atomic mass is 16.2. The standard InChI is InChI=1S/C21H26N6O/c1-17-6-11-27(24-17)12-7-20(28)25-10-3-5-19(16-25)21-23-9-13-26(21)15-18-4-2-8-22-14-18/h2,4,6,8-9,11,13-14,19H,3,5,7,10,12,15-16H2,1H3/t19-/m0/s1. The molecule has 0 aromatic carbocycles. The number of carbonyl (C=O) groups excluding carboxylic acids is 1. The number of hydrogen-bond donors (Lipinski definition) is 0. The van der Waals surface area contributed by atoms with E-state index in [4.69, 9.17) is 0 Å². The van der Waals surface area contributed by atoms with E-state index in [0.29, 0.717) is 13.0 Å². The summed E-state index contributed by atoms with van der Waals surface area (Å²) in [5.74, 6) is 1.53. The zero-order chi connectivity index (χ0) is 19.3. The molecule has 4 rings (SSSR count). The number of nitrogens with zero attached hydrogens (tertiary/aromatic N) is 6. The van der Waals surface area contributed by atoms with Gasteiger partial charge in [-0.1, -0.05) is 6.07 Å². The second-order valence-corrected chi connectivity index (χ2v) is 7.42. The first kappa shape index (κ1) is 18.4. The summed E-state index contributed by atoms with van der Waals surface area (Å²) in [6.07, 6.45) is 12.0. The Kier molecular flexibility index (Phi) is 5.50. The summed E-state index contributed by atoms with van der Waals surface area (Å²) in [4.78, 5) is 23.5. The van der Waals surface area contributed by atoms with Crippen molar-refractivity contribution in [2.75, 3.05) is 13.1 Å². The molecular formula is C21H26N6O. The van der Waals surface area contributed by atoms with Gasteiger partial charge in [0.2, 0.25) is 5.91 Å². The van der Waals surface area contributed by atoms with Crippen molar-refractivity contribution in [2.24, 2.45) is 0 Å². The molecule has 7 heteroatoms. The molecule has 0 N–H and O–H groups in total. The number of rotatable bonds is 6. The van der Waals surface area contributed by atoms with Gasteiger partial charge in [-0.25, -0.2) is 4.98 Å². The maximum Gasteiger partial charge on any atom is 0.224 e. The molecule has 3 aromatic heterocycles. The SMILES string of the molecule is Cc1ccn(CCC(=O)N2CCC[C@H](c3nccn3Cc3cccnc3)C2)n1. The molecule has 0 bridgehead atoms. The predicted molar refractivity (Wildman–Crippen MR) is 106 cm³/mol. The van der Waals surface area contributed by atoms with Gasteiger partial charge in [-0.15, -0.1) is 0 Å². The molecule has 1 atom stereocenters. The zero-order valence-corrected chi connectivity index (χ0v) is 16.2. The highest BCUT2D eigenvalue weighted by Crippen LogP contribution is 2.26. The van der Waals surface area contributed by atoms with Gasteiger partial charge in [-0.05, 0) is 37.5 Å². The molecule has 1 fully saturated rings. The summed E-state index contributed by atoms with van der Waals surface area (Å²) in [6, 6.07) is 5.99. The van der Waals surface area contributed by atoms with Crippen LogP contribution in [-0.2, 0) is 17.9 Å². The number of amides is 1. The van der Waals surface area contributed by atoms with Crippen LogP contribution in [0.1, 0.15) is 42.3 Å². The predicted octanol–water partition coefficient (Wildman–Crippen LogP) is 2.63. The van der Waals surface area contributed by atoms with Crippen molar-refractivity contribution in [3.8, 4) is 0 Å². The Morgan fingerprint density at radius 1 is 1.25 bits per heavy atom. The summed E-state index contributed by atoms with van der Waals surface area (Å²) < 4.78 is 4.03. The fraction of sp³-hybridized carbons (Fsp3) is 0.429. The number of carbonyl (C=O) groups is 1. The van der Waals surface area contributed by atoms with Crippen molar-refractivity contribution in [1.29, 1.82) is 0 Å². The largest absolute Gasteiger partial charge is 0.342 e. The number of likely N-dealkylation sites (tertiary alicyclic amines) is 1. The average molecular weight is 378 g/mol. The molecule has 0 radical (unpaired) electrons. The first-order valence-corrected chi connectivity index (χ1v) is 9.87. The van der Waals surface area contributed by atoms with E-state index in [1.807, 2.05) is 53.4 Å². The number of aryl methyl sites for hydroxylation is 2. The lowest BCUT2D eigenvalue weighted by Crippen LogP contribution is -2.40. The Morgan fingerprint density at radius 3 is 2.96 bits per heavy atom. The molecular weight excluding hydrogens is 352 g/mol. The molecule has 0 saturated carbocycles. The van der Waals surface area contributed by atoms with Crippen LogP contribution >= 0.6 is 0 Å². The van der Waals surface area contributed by atoms with Gasteiger partial charge in [0, 0.05) is 63.0 Å². The molecule has 28 heavy (non-hydrogen) atoms. The van der Waals surface area contributed by atoms with E-state index in [0.717, 1.165) is 49.6 Å². The van der Waals surface area contributed by atoms with Crippen LogP contribution < -0.4 is 0 Å². The van der Waals surface area contributed by atoms with Crippen LogP contribution in [0, 0.1) is 6.92 Å². The zero-order valence-electron chi connectivity index (χ0n) is 16.2. The normalized spacial score (nSPS) is 17.0. The van der Waals surface area contributed by atoms with E-state index in [-0.39, 0.29) is 11.8 Å². The molecule has 1 aliphatic rings. The van der Waals surface area contributed by atoms with E-state index < -0.39 is 0 Å². The van der Waals surface area contributed by atoms with Crippen molar-refractivity contribution >= 4 is 5.91 Å². The molecule has 1 amide bonds. The highest BCUT2D eigenvalue weighted by Gasteiger charge is 2.27. The van der Waals surface area contributed by atoms with E-state index >= 15 is 0 Å². The van der Waals surface area contributed by atoms with Crippen molar-refractivity contribution in [3.05, 3.63) is 66.3 Å². The lowest BCUT2D eigenvalue weighted by atomic mass is 9.96. The van der Waals surface area contributed by atoms with Gasteiger partial charge in [0.05, 0.1) is 12.2 Å². The minimum atomic E-state index is 0.197. The summed E-state index contributed by atoms with van der Waals surface area (Å²) in [5, 5.41) is 4.36. The third kappa shape index (κ3) is 4.30. The second-order valence-electron chi connectivity index (χ2n) is 7.42. The van der Waals surface area contributed by atoms with Gasteiger partial charge in [-0.3, -0.25) is 14.5 Å². The maximum atomic E-state index is 12.7. The van der Waals surface area contributed by atoms with Crippen LogP contribution in [0.15, 0.2) is 49.2 Å². The number of aromatic nitrogens is 5. The average Bonchev–Trinajstić information content (AvgIpc) is 3.36. The van der Waals surface area contributed by atoms with Crippen molar-refractivity contribution in [2.45, 2.75) is 45.2 Å². The summed E-state index contributed by atoms with van der Waals surface area (Å²) >= 11 is 0. The summed E-state index contributed by atoms with van der Waals surface area (Å²) in [6.45, 7) is 4.91. The van der Waals surface area contributed by atoms with E-state index in [1.165, 1.54) is 0 Å². The maximum absolute atomic E-state index is 12.7. The van der Waals surface area contributed by atoms with Gasteiger partial charge < -0.3 is 9.47 Å². The highest BCUT2D eigenvalue weighted by molar-refractivity contribution is 5.76. The number of imidazole rings is 1. The third-order valence-corrected chi connectivity index (χ3v) is 5.29. The topological polar surface area (TPSA) is 68.8 Å². The summed E-state index contributed by atoms with van der Waals surface area (Å²) in [5.41, 5.74) is 2.13. The van der Waals surface area contributed by atoms with Crippen molar-refractivity contribution in [1.82, 2.24) is 29.2 Å². The third-order valence-electron chi connectivity index (χ3n) is 5.29. The minimum Gasteiger partial charge on any atom is -0.342 e. The van der Waals surface area contributed by atoms with Crippen LogP contribution in [0.4, 0.5) is 0 Å². The molecule has 0 unspecified atom stereocenters. The van der Waals surface area contributed by atoms with Crippen molar-refractivity contribution in [3.63, 3.8) is 0 Å². The van der Waals surface area contributed by atoms with Crippen LogP contribution in [0.2, 0.25) is 0 Å². The number of hydrogen-bond acceptors (Lipinski definition) is 4. The molecule has 4 heterocycles. The number of pyridine rings is 1. The first-order chi connectivity index (χ1) is 13.7. The van der Waals surface area contributed by atoms with Crippen LogP contribution in [-0.4, -0.2) is 48.2 Å². The lowest BCUT2D eigenvalue weighted by Gasteiger charge is -2.33. The molecule has 1 aliphatic heterocycles. The van der Waals surface area contributed by atoms with Gasteiger partial charge in [0.15, 0.2) is 0 Å². The van der Waals surface area contributed by atoms with E-state index in [9.17, 15) is 4.79 Å². The Labute approximate surface area is 165 Å². The van der Waals surface area contributed by atoms with Crippen LogP contribution in [0.25, 0.3) is 0 Å². The fourth-order valence-corrected chi connectivity index (χ4v) is 3.87. The Bertz CT molecular complexity index is 916. The van der Waals surface area contributed by atoms with Gasteiger partial charge in [-0.2, -0.15) is 5.10 Å². The van der Waals surface area contributed by atoms with Crippen molar-refractivity contribution < 1.29 is 4.79 Å². The van der Waals surface area contributed by atoms with Gasteiger partial charge in [0.25, 0.3) is 0 Å².